The van der Waals surface area contributed by atoms with Gasteiger partial charge in [0.25, 0.3) is 0 Å². The van der Waals surface area contributed by atoms with E-state index in [2.05, 4.69) is 0 Å². The van der Waals surface area contributed by atoms with Gasteiger partial charge in [-0.2, -0.15) is 26.3 Å². The highest BCUT2D eigenvalue weighted by Gasteiger charge is 2.45. The largest absolute Gasteiger partial charge is 0.419 e. The van der Waals surface area contributed by atoms with E-state index in [1.807, 2.05) is 0 Å². The lowest BCUT2D eigenvalue weighted by molar-refractivity contribution is -0.163. The van der Waals surface area contributed by atoms with Crippen molar-refractivity contribution in [2.75, 3.05) is 0 Å². The van der Waals surface area contributed by atoms with Crippen LogP contribution in [0.4, 0.5) is 30.7 Å². The molecule has 0 atom stereocenters. The monoisotopic (exact) mass is 274 g/mol. The van der Waals surface area contributed by atoms with Gasteiger partial charge in [-0.25, -0.2) is 4.39 Å². The molecule has 7 heteroatoms. The van der Waals surface area contributed by atoms with E-state index in [1.165, 1.54) is 13.8 Å². The molecular formula is C11H9F7. The second-order valence-electron chi connectivity index (χ2n) is 4.08. The van der Waals surface area contributed by atoms with Crippen molar-refractivity contribution in [1.29, 1.82) is 0 Å². The molecule has 0 radical (unpaired) electrons. The summed E-state index contributed by atoms with van der Waals surface area (Å²) in [6, 6.07) is 0.833. The number of hydrogen-bond donors (Lipinski definition) is 0. The fourth-order valence-corrected chi connectivity index (χ4v) is 1.47. The Balaban J connectivity index is 3.62. The van der Waals surface area contributed by atoms with Gasteiger partial charge in [0.1, 0.15) is 11.4 Å². The van der Waals surface area contributed by atoms with Crippen molar-refractivity contribution in [3.63, 3.8) is 0 Å². The number of halogens is 7. The smallest absolute Gasteiger partial charge is 0.206 e. The van der Waals surface area contributed by atoms with Gasteiger partial charge in [0.2, 0.25) is 0 Å². The summed E-state index contributed by atoms with van der Waals surface area (Å²) in [6.07, 6.45) is -10.6. The second kappa shape index (κ2) is 4.44. The molecule has 0 spiro atoms. The van der Waals surface area contributed by atoms with Crippen LogP contribution in [0.15, 0.2) is 12.1 Å². The van der Waals surface area contributed by atoms with Crippen LogP contribution in [0.2, 0.25) is 0 Å². The molecule has 0 aliphatic heterocycles. The fourth-order valence-electron chi connectivity index (χ4n) is 1.47. The number of rotatable bonds is 1. The zero-order valence-corrected chi connectivity index (χ0v) is 9.38. The normalized spacial score (nSPS) is 13.2. The van der Waals surface area contributed by atoms with E-state index < -0.39 is 35.2 Å². The Kier molecular flexibility index (Phi) is 3.65. The Morgan fingerprint density at radius 1 is 0.889 bits per heavy atom. The number of hydrogen-bond acceptors (Lipinski definition) is 0. The summed E-state index contributed by atoms with van der Waals surface area (Å²) in [5.74, 6) is -2.41. The van der Waals surface area contributed by atoms with E-state index >= 15 is 0 Å². The minimum Gasteiger partial charge on any atom is -0.206 e. The summed E-state index contributed by atoms with van der Waals surface area (Å²) in [6.45, 7) is 2.92. The Morgan fingerprint density at radius 2 is 1.39 bits per heavy atom. The zero-order chi connectivity index (χ0) is 14.3. The molecule has 0 saturated carbocycles. The Bertz CT molecular complexity index is 440. The number of alkyl halides is 6. The Morgan fingerprint density at radius 3 is 1.72 bits per heavy atom. The molecule has 102 valence electrons. The maximum absolute atomic E-state index is 13.3. The van der Waals surface area contributed by atoms with E-state index in [-0.39, 0.29) is 5.56 Å². The third-order valence-corrected chi connectivity index (χ3v) is 2.37. The predicted molar refractivity (Wildman–Crippen MR) is 50.5 cm³/mol. The molecule has 0 fully saturated rings. The molecule has 0 nitrogen and oxygen atoms in total. The molecule has 1 aromatic rings. The van der Waals surface area contributed by atoms with Crippen molar-refractivity contribution in [3.05, 3.63) is 34.6 Å². The molecule has 18 heavy (non-hydrogen) atoms. The average Bonchev–Trinajstić information content (AvgIpc) is 2.12. The highest BCUT2D eigenvalue weighted by molar-refractivity contribution is 5.38. The first-order chi connectivity index (χ1) is 7.94. The van der Waals surface area contributed by atoms with Gasteiger partial charge in [0.05, 0.1) is 5.56 Å². The van der Waals surface area contributed by atoms with Crippen molar-refractivity contribution in [3.8, 4) is 0 Å². The van der Waals surface area contributed by atoms with Crippen LogP contribution in [0, 0.1) is 5.82 Å². The van der Waals surface area contributed by atoms with E-state index in [0.29, 0.717) is 12.1 Å². The van der Waals surface area contributed by atoms with Crippen LogP contribution in [0.1, 0.15) is 36.5 Å². The summed E-state index contributed by atoms with van der Waals surface area (Å²) < 4.78 is 88.2. The first kappa shape index (κ1) is 14.8. The minimum absolute atomic E-state index is 0.132. The molecule has 1 rings (SSSR count). The fraction of sp³-hybridized carbons (Fsp3) is 0.455. The van der Waals surface area contributed by atoms with Crippen molar-refractivity contribution >= 4 is 0 Å². The van der Waals surface area contributed by atoms with E-state index in [0.717, 1.165) is 0 Å². The molecular weight excluding hydrogens is 265 g/mol. The van der Waals surface area contributed by atoms with Crippen LogP contribution in [-0.2, 0) is 12.4 Å². The van der Waals surface area contributed by atoms with Gasteiger partial charge in [-0.1, -0.05) is 13.8 Å². The molecule has 1 aromatic carbocycles. The summed E-state index contributed by atoms with van der Waals surface area (Å²) in [5, 5.41) is 0. The third kappa shape index (κ3) is 2.94. The van der Waals surface area contributed by atoms with Crippen LogP contribution in [0.5, 0.6) is 0 Å². The topological polar surface area (TPSA) is 0 Å². The molecule has 0 aliphatic rings. The predicted octanol–water partition coefficient (Wildman–Crippen LogP) is 4.99. The standard InChI is InChI=1S/C11H9F7/c1-5(2)6-3-7(10(13,14)15)9(8(12)4-6)11(16,17)18/h3-5H,1-2H3. The van der Waals surface area contributed by atoms with Gasteiger partial charge >= 0.3 is 12.4 Å². The zero-order valence-electron chi connectivity index (χ0n) is 9.38. The maximum Gasteiger partial charge on any atom is 0.419 e. The first-order valence-electron chi connectivity index (χ1n) is 4.92. The summed E-state index contributed by atoms with van der Waals surface area (Å²) in [4.78, 5) is 0. The molecule has 0 heterocycles. The van der Waals surface area contributed by atoms with Gasteiger partial charge in [0, 0.05) is 0 Å². The lowest BCUT2D eigenvalue weighted by Crippen LogP contribution is -2.19. The van der Waals surface area contributed by atoms with E-state index in [1.54, 1.807) is 0 Å². The van der Waals surface area contributed by atoms with Crippen molar-refractivity contribution in [2.24, 2.45) is 0 Å². The molecule has 0 saturated heterocycles. The second-order valence-corrected chi connectivity index (χ2v) is 4.08. The lowest BCUT2D eigenvalue weighted by Gasteiger charge is -2.18. The quantitative estimate of drug-likeness (QED) is 0.633. The van der Waals surface area contributed by atoms with Crippen molar-refractivity contribution < 1.29 is 30.7 Å². The molecule has 0 unspecified atom stereocenters. The molecule has 0 bridgehead atoms. The summed E-state index contributed by atoms with van der Waals surface area (Å²) in [5.41, 5.74) is -4.38. The minimum atomic E-state index is -5.38. The molecule has 0 aliphatic carbocycles. The van der Waals surface area contributed by atoms with Gasteiger partial charge in [0.15, 0.2) is 0 Å². The van der Waals surface area contributed by atoms with Gasteiger partial charge in [-0.05, 0) is 23.6 Å². The van der Waals surface area contributed by atoms with Gasteiger partial charge in [-0.15, -0.1) is 0 Å². The average molecular weight is 274 g/mol. The van der Waals surface area contributed by atoms with E-state index in [4.69, 9.17) is 0 Å². The Hall–Kier alpha value is -1.27. The number of benzene rings is 1. The van der Waals surface area contributed by atoms with Crippen LogP contribution in [0.25, 0.3) is 0 Å². The summed E-state index contributed by atoms with van der Waals surface area (Å²) in [7, 11) is 0. The third-order valence-electron chi connectivity index (χ3n) is 2.37. The first-order valence-corrected chi connectivity index (χ1v) is 4.92. The van der Waals surface area contributed by atoms with Crippen LogP contribution in [-0.4, -0.2) is 0 Å². The molecule has 0 aromatic heterocycles. The highest BCUT2D eigenvalue weighted by atomic mass is 19.4. The van der Waals surface area contributed by atoms with Crippen molar-refractivity contribution in [1.82, 2.24) is 0 Å². The summed E-state index contributed by atoms with van der Waals surface area (Å²) >= 11 is 0. The highest BCUT2D eigenvalue weighted by Crippen LogP contribution is 2.42. The SMILES string of the molecule is CC(C)c1cc(F)c(C(F)(F)F)c(C(F)(F)F)c1. The van der Waals surface area contributed by atoms with Crippen LogP contribution >= 0.6 is 0 Å². The van der Waals surface area contributed by atoms with Crippen molar-refractivity contribution in [2.45, 2.75) is 32.1 Å². The maximum atomic E-state index is 13.3. The van der Waals surface area contributed by atoms with Crippen LogP contribution in [0.3, 0.4) is 0 Å². The lowest BCUT2D eigenvalue weighted by atomic mass is 9.96. The van der Waals surface area contributed by atoms with Gasteiger partial charge in [-0.3, -0.25) is 0 Å². The van der Waals surface area contributed by atoms with Crippen LogP contribution < -0.4 is 0 Å². The molecule has 0 N–H and O–H groups in total. The molecule has 0 amide bonds. The van der Waals surface area contributed by atoms with E-state index in [9.17, 15) is 30.7 Å². The van der Waals surface area contributed by atoms with Gasteiger partial charge < -0.3 is 0 Å². The Labute approximate surface area is 98.4 Å².